The van der Waals surface area contributed by atoms with Crippen molar-refractivity contribution in [3.63, 3.8) is 0 Å². The molecule has 0 saturated carbocycles. The highest BCUT2D eigenvalue weighted by Gasteiger charge is 2.06. The summed E-state index contributed by atoms with van der Waals surface area (Å²) in [6, 6.07) is 7.24. The molecular formula is C11H12BrNO2. The predicted octanol–water partition coefficient (Wildman–Crippen LogP) is 2.47. The maximum absolute atomic E-state index is 9.32. The second-order valence-electron chi connectivity index (χ2n) is 3.13. The minimum absolute atomic E-state index is 0.215. The summed E-state index contributed by atoms with van der Waals surface area (Å²) in [5.41, 5.74) is 0.465. The largest absolute Gasteiger partial charge is 0.490 e. The summed E-state index contributed by atoms with van der Waals surface area (Å²) in [7, 11) is 0. The van der Waals surface area contributed by atoms with Gasteiger partial charge < -0.3 is 9.84 Å². The topological polar surface area (TPSA) is 53.2 Å². The number of hydrogen-bond acceptors (Lipinski definition) is 3. The highest BCUT2D eigenvalue weighted by atomic mass is 79.9. The molecule has 0 heterocycles. The van der Waals surface area contributed by atoms with E-state index in [4.69, 9.17) is 10.00 Å². The number of ether oxygens (including phenoxy) is 1. The van der Waals surface area contributed by atoms with Crippen LogP contribution in [0.15, 0.2) is 22.7 Å². The third kappa shape index (κ3) is 3.54. The van der Waals surface area contributed by atoms with Gasteiger partial charge in [0.2, 0.25) is 0 Å². The van der Waals surface area contributed by atoms with E-state index in [9.17, 15) is 5.11 Å². The van der Waals surface area contributed by atoms with Gasteiger partial charge >= 0.3 is 0 Å². The van der Waals surface area contributed by atoms with Crippen molar-refractivity contribution in [3.8, 4) is 11.8 Å². The number of aliphatic hydroxyl groups excluding tert-OH is 1. The summed E-state index contributed by atoms with van der Waals surface area (Å²) in [6.45, 7) is 2.09. The standard InChI is InChI=1S/C11H12BrNO2/c1-2-10(14)7-15-11-4-3-9(12)5-8(11)6-13/h3-5,10,14H,2,7H2,1H3. The number of nitrogens with zero attached hydrogens (tertiary/aromatic N) is 1. The smallest absolute Gasteiger partial charge is 0.137 e. The molecule has 1 aromatic rings. The second kappa shape index (κ2) is 5.74. The van der Waals surface area contributed by atoms with Crippen LogP contribution in [-0.2, 0) is 0 Å². The Morgan fingerprint density at radius 1 is 1.60 bits per heavy atom. The number of halogens is 1. The van der Waals surface area contributed by atoms with Crippen molar-refractivity contribution in [1.82, 2.24) is 0 Å². The molecule has 0 aliphatic carbocycles. The Labute approximate surface area is 97.4 Å². The Hall–Kier alpha value is -1.05. The van der Waals surface area contributed by atoms with Crippen LogP contribution in [0, 0.1) is 11.3 Å². The van der Waals surface area contributed by atoms with E-state index in [0.717, 1.165) is 4.47 Å². The molecule has 1 N–H and O–H groups in total. The van der Waals surface area contributed by atoms with E-state index in [1.807, 2.05) is 13.0 Å². The first kappa shape index (κ1) is 12.0. The van der Waals surface area contributed by atoms with Gasteiger partial charge in [-0.15, -0.1) is 0 Å². The Morgan fingerprint density at radius 2 is 2.33 bits per heavy atom. The highest BCUT2D eigenvalue weighted by molar-refractivity contribution is 9.10. The first-order valence-electron chi connectivity index (χ1n) is 4.68. The van der Waals surface area contributed by atoms with E-state index >= 15 is 0 Å². The van der Waals surface area contributed by atoms with E-state index in [1.54, 1.807) is 18.2 Å². The highest BCUT2D eigenvalue weighted by Crippen LogP contribution is 2.22. The Morgan fingerprint density at radius 3 is 2.93 bits per heavy atom. The normalized spacial score (nSPS) is 11.9. The third-order valence-electron chi connectivity index (χ3n) is 1.96. The van der Waals surface area contributed by atoms with Crippen LogP contribution in [0.4, 0.5) is 0 Å². The van der Waals surface area contributed by atoms with Gasteiger partial charge in [-0.1, -0.05) is 22.9 Å². The quantitative estimate of drug-likeness (QED) is 0.914. The van der Waals surface area contributed by atoms with Gasteiger partial charge in [-0.05, 0) is 24.6 Å². The zero-order valence-corrected chi connectivity index (χ0v) is 9.99. The molecule has 3 nitrogen and oxygen atoms in total. The number of rotatable bonds is 4. The van der Waals surface area contributed by atoms with Crippen molar-refractivity contribution in [1.29, 1.82) is 5.26 Å². The van der Waals surface area contributed by atoms with E-state index < -0.39 is 6.10 Å². The molecule has 0 aliphatic heterocycles. The van der Waals surface area contributed by atoms with E-state index in [1.165, 1.54) is 0 Å². The van der Waals surface area contributed by atoms with Crippen LogP contribution in [0.3, 0.4) is 0 Å². The molecule has 0 aliphatic rings. The fourth-order valence-electron chi connectivity index (χ4n) is 1.02. The molecule has 1 unspecified atom stereocenters. The molecule has 0 bridgehead atoms. The van der Waals surface area contributed by atoms with Crippen molar-refractivity contribution in [3.05, 3.63) is 28.2 Å². The fourth-order valence-corrected chi connectivity index (χ4v) is 1.38. The van der Waals surface area contributed by atoms with Crippen molar-refractivity contribution < 1.29 is 9.84 Å². The van der Waals surface area contributed by atoms with Gasteiger partial charge in [0.1, 0.15) is 18.4 Å². The van der Waals surface area contributed by atoms with Crippen LogP contribution >= 0.6 is 15.9 Å². The number of nitriles is 1. The fraction of sp³-hybridized carbons (Fsp3) is 0.364. The molecule has 15 heavy (non-hydrogen) atoms. The maximum atomic E-state index is 9.32. The molecule has 0 amide bonds. The summed E-state index contributed by atoms with van der Waals surface area (Å²) < 4.78 is 6.18. The second-order valence-corrected chi connectivity index (χ2v) is 4.04. The lowest BCUT2D eigenvalue weighted by atomic mass is 10.2. The summed E-state index contributed by atoms with van der Waals surface area (Å²) in [5, 5.41) is 18.2. The van der Waals surface area contributed by atoms with Gasteiger partial charge in [-0.3, -0.25) is 0 Å². The van der Waals surface area contributed by atoms with Gasteiger partial charge in [0.25, 0.3) is 0 Å². The number of benzene rings is 1. The van der Waals surface area contributed by atoms with E-state index in [0.29, 0.717) is 17.7 Å². The van der Waals surface area contributed by atoms with Gasteiger partial charge in [-0.2, -0.15) is 5.26 Å². The van der Waals surface area contributed by atoms with Crippen LogP contribution in [-0.4, -0.2) is 17.8 Å². The SMILES string of the molecule is CCC(O)COc1ccc(Br)cc1C#N. The zero-order chi connectivity index (χ0) is 11.3. The summed E-state index contributed by atoms with van der Waals surface area (Å²) in [4.78, 5) is 0. The van der Waals surface area contributed by atoms with E-state index in [-0.39, 0.29) is 6.61 Å². The molecule has 4 heteroatoms. The molecule has 0 radical (unpaired) electrons. The van der Waals surface area contributed by atoms with E-state index in [2.05, 4.69) is 15.9 Å². The molecule has 0 spiro atoms. The van der Waals surface area contributed by atoms with Crippen LogP contribution in [0.25, 0.3) is 0 Å². The van der Waals surface area contributed by atoms with Crippen LogP contribution < -0.4 is 4.74 Å². The minimum atomic E-state index is -0.486. The van der Waals surface area contributed by atoms with Gasteiger partial charge in [0, 0.05) is 4.47 Å². The monoisotopic (exact) mass is 269 g/mol. The van der Waals surface area contributed by atoms with Gasteiger partial charge in [0.05, 0.1) is 11.7 Å². The van der Waals surface area contributed by atoms with Crippen molar-refractivity contribution >= 4 is 15.9 Å². The average molecular weight is 270 g/mol. The average Bonchev–Trinajstić information content (AvgIpc) is 2.26. The first-order chi connectivity index (χ1) is 7.17. The summed E-state index contributed by atoms with van der Waals surface area (Å²) >= 11 is 3.27. The van der Waals surface area contributed by atoms with Gasteiger partial charge in [-0.25, -0.2) is 0 Å². The molecule has 0 fully saturated rings. The third-order valence-corrected chi connectivity index (χ3v) is 2.46. The molecule has 1 rings (SSSR count). The Bertz CT molecular complexity index is 373. The summed E-state index contributed by atoms with van der Waals surface area (Å²) in [5.74, 6) is 0.508. The molecular weight excluding hydrogens is 258 g/mol. The lowest BCUT2D eigenvalue weighted by Crippen LogP contribution is -2.16. The van der Waals surface area contributed by atoms with Crippen LogP contribution in [0.5, 0.6) is 5.75 Å². The molecule has 80 valence electrons. The molecule has 0 saturated heterocycles. The molecule has 1 atom stereocenters. The van der Waals surface area contributed by atoms with Crippen molar-refractivity contribution in [2.75, 3.05) is 6.61 Å². The summed E-state index contributed by atoms with van der Waals surface area (Å²) in [6.07, 6.45) is 0.151. The van der Waals surface area contributed by atoms with Gasteiger partial charge in [0.15, 0.2) is 0 Å². The first-order valence-corrected chi connectivity index (χ1v) is 5.47. The zero-order valence-electron chi connectivity index (χ0n) is 8.40. The molecule has 1 aromatic carbocycles. The Balaban J connectivity index is 2.73. The van der Waals surface area contributed by atoms with Crippen molar-refractivity contribution in [2.24, 2.45) is 0 Å². The maximum Gasteiger partial charge on any atom is 0.137 e. The lowest BCUT2D eigenvalue weighted by molar-refractivity contribution is 0.104. The Kier molecular flexibility index (Phi) is 4.60. The molecule has 0 aromatic heterocycles. The lowest BCUT2D eigenvalue weighted by Gasteiger charge is -2.11. The van der Waals surface area contributed by atoms with Crippen LogP contribution in [0.1, 0.15) is 18.9 Å². The number of aliphatic hydroxyl groups is 1. The van der Waals surface area contributed by atoms with Crippen molar-refractivity contribution in [2.45, 2.75) is 19.4 Å². The van der Waals surface area contributed by atoms with Crippen LogP contribution in [0.2, 0.25) is 0 Å². The number of hydrogen-bond donors (Lipinski definition) is 1. The minimum Gasteiger partial charge on any atom is -0.490 e. The predicted molar refractivity (Wildman–Crippen MR) is 60.6 cm³/mol.